The van der Waals surface area contributed by atoms with Gasteiger partial charge in [-0.2, -0.15) is 5.10 Å². The lowest BCUT2D eigenvalue weighted by atomic mass is 10.1. The molecular weight excluding hydrogens is 382 g/mol. The first-order chi connectivity index (χ1) is 14.5. The molecule has 0 bridgehead atoms. The van der Waals surface area contributed by atoms with Crippen LogP contribution < -0.4 is 4.90 Å². The van der Waals surface area contributed by atoms with Crippen molar-refractivity contribution < 1.29 is 14.6 Å². The number of carbonyl (C=O) groups excluding carboxylic acids is 1. The maximum Gasteiger partial charge on any atom is 0.341 e. The predicted octanol–water partition coefficient (Wildman–Crippen LogP) is 3.65. The molecule has 3 heterocycles. The van der Waals surface area contributed by atoms with Crippen LogP contribution in [0.2, 0.25) is 0 Å². The van der Waals surface area contributed by atoms with Crippen LogP contribution in [0.25, 0.3) is 33.2 Å². The molecule has 8 nitrogen and oxygen atoms in total. The number of methoxy groups -OCH3 is 1. The fourth-order valence-corrected chi connectivity index (χ4v) is 4.09. The van der Waals surface area contributed by atoms with Gasteiger partial charge in [0.2, 0.25) is 0 Å². The topological polar surface area (TPSA) is 104 Å². The highest BCUT2D eigenvalue weighted by atomic mass is 16.5. The highest BCUT2D eigenvalue weighted by Gasteiger charge is 2.26. The number of nitrogens with one attached hydrogen (secondary N) is 1. The molecular formula is C22H21N5O3. The van der Waals surface area contributed by atoms with Crippen LogP contribution in [0.1, 0.15) is 30.1 Å². The lowest BCUT2D eigenvalue weighted by Gasteiger charge is -2.25. The monoisotopic (exact) mass is 403 g/mol. The molecule has 2 aromatic carbocycles. The molecule has 0 amide bonds. The first-order valence-corrected chi connectivity index (χ1v) is 9.88. The lowest BCUT2D eigenvalue weighted by molar-refractivity contribution is 0.0597. The summed E-state index contributed by atoms with van der Waals surface area (Å²) in [6.07, 6.45) is 3.95. The summed E-state index contributed by atoms with van der Waals surface area (Å²) in [7, 11) is 1.28. The maximum absolute atomic E-state index is 12.0. The van der Waals surface area contributed by atoms with Gasteiger partial charge in [0.25, 0.3) is 0 Å². The second-order valence-electron chi connectivity index (χ2n) is 7.60. The Morgan fingerprint density at radius 2 is 2.07 bits per heavy atom. The van der Waals surface area contributed by atoms with Crippen molar-refractivity contribution in [3.05, 3.63) is 42.1 Å². The third kappa shape index (κ3) is 2.92. The summed E-state index contributed by atoms with van der Waals surface area (Å²) < 4.78 is 4.77. The number of hydrogen-bond donors (Lipinski definition) is 2. The molecule has 0 spiro atoms. The van der Waals surface area contributed by atoms with Crippen LogP contribution in [-0.4, -0.2) is 50.9 Å². The molecule has 1 atom stereocenters. The molecule has 0 aliphatic carbocycles. The van der Waals surface area contributed by atoms with Gasteiger partial charge in [0.15, 0.2) is 5.82 Å². The van der Waals surface area contributed by atoms with Crippen molar-refractivity contribution in [3.8, 4) is 17.0 Å². The van der Waals surface area contributed by atoms with E-state index in [1.165, 1.54) is 19.2 Å². The minimum atomic E-state index is -0.609. The summed E-state index contributed by atoms with van der Waals surface area (Å²) in [6.45, 7) is 3.07. The van der Waals surface area contributed by atoms with Gasteiger partial charge in [0.1, 0.15) is 17.0 Å². The van der Waals surface area contributed by atoms with Crippen molar-refractivity contribution in [2.75, 3.05) is 18.6 Å². The fourth-order valence-electron chi connectivity index (χ4n) is 4.09. The van der Waals surface area contributed by atoms with E-state index in [1.807, 2.05) is 18.2 Å². The Morgan fingerprint density at radius 3 is 2.83 bits per heavy atom. The summed E-state index contributed by atoms with van der Waals surface area (Å²) in [5.74, 6) is -0.0131. The number of esters is 1. The number of rotatable bonds is 3. The van der Waals surface area contributed by atoms with Gasteiger partial charge in [-0.15, -0.1) is 0 Å². The molecule has 2 aromatic heterocycles. The van der Waals surface area contributed by atoms with Gasteiger partial charge in [-0.25, -0.2) is 14.8 Å². The molecule has 1 fully saturated rings. The summed E-state index contributed by atoms with van der Waals surface area (Å²) in [5, 5.41) is 18.4. The van der Waals surface area contributed by atoms with Gasteiger partial charge in [-0.05, 0) is 38.0 Å². The van der Waals surface area contributed by atoms with Gasteiger partial charge in [0, 0.05) is 29.6 Å². The number of hydrogen-bond acceptors (Lipinski definition) is 7. The second-order valence-corrected chi connectivity index (χ2v) is 7.60. The molecule has 0 radical (unpaired) electrons. The zero-order valence-electron chi connectivity index (χ0n) is 16.7. The number of fused-ring (bicyclic) bond motifs is 2. The van der Waals surface area contributed by atoms with Crippen LogP contribution in [0.5, 0.6) is 5.75 Å². The number of ether oxygens (including phenoxy) is 1. The molecule has 1 unspecified atom stereocenters. The Morgan fingerprint density at radius 1 is 1.23 bits per heavy atom. The Balaban J connectivity index is 1.75. The van der Waals surface area contributed by atoms with Crippen molar-refractivity contribution >= 4 is 33.7 Å². The molecule has 1 saturated heterocycles. The number of anilines is 1. The number of nitrogens with zero attached hydrogens (tertiary/aromatic N) is 4. The molecule has 5 rings (SSSR count). The fraction of sp³-hybridized carbons (Fsp3) is 0.273. The smallest absolute Gasteiger partial charge is 0.341 e. The number of aromatic hydroxyl groups is 1. The van der Waals surface area contributed by atoms with E-state index in [2.05, 4.69) is 22.0 Å². The van der Waals surface area contributed by atoms with Gasteiger partial charge in [-0.3, -0.25) is 5.10 Å². The average molecular weight is 403 g/mol. The molecule has 4 aromatic rings. The minimum absolute atomic E-state index is 0.0762. The van der Waals surface area contributed by atoms with Gasteiger partial charge in [-0.1, -0.05) is 6.07 Å². The maximum atomic E-state index is 12.0. The number of H-pyrrole nitrogens is 1. The van der Waals surface area contributed by atoms with Crippen molar-refractivity contribution in [3.63, 3.8) is 0 Å². The van der Waals surface area contributed by atoms with Crippen molar-refractivity contribution in [1.29, 1.82) is 0 Å². The van der Waals surface area contributed by atoms with E-state index in [4.69, 9.17) is 14.7 Å². The van der Waals surface area contributed by atoms with Crippen molar-refractivity contribution in [2.45, 2.75) is 25.8 Å². The van der Waals surface area contributed by atoms with Crippen molar-refractivity contribution in [1.82, 2.24) is 20.2 Å². The quantitative estimate of drug-likeness (QED) is 0.503. The van der Waals surface area contributed by atoms with Gasteiger partial charge in [0.05, 0.1) is 29.9 Å². The Kier molecular flexibility index (Phi) is 4.27. The summed E-state index contributed by atoms with van der Waals surface area (Å²) in [4.78, 5) is 24.0. The first kappa shape index (κ1) is 18.4. The molecule has 2 N–H and O–H groups in total. The normalized spacial score (nSPS) is 16.5. The second kappa shape index (κ2) is 6.98. The number of aromatic nitrogens is 4. The standard InChI is InChI=1S/C22H21N5O3/c1-12-4-3-7-27(12)21-20(13-5-6-16-14(8-13)11-23-26-16)24-18-10-19(28)15(22(29)30-2)9-17(18)25-21/h5-6,8-12,28H,3-4,7H2,1-2H3,(H,23,26). The van der Waals surface area contributed by atoms with Gasteiger partial charge >= 0.3 is 5.97 Å². The van der Waals surface area contributed by atoms with E-state index in [9.17, 15) is 9.90 Å². The molecule has 1 aliphatic rings. The van der Waals surface area contributed by atoms with E-state index < -0.39 is 5.97 Å². The summed E-state index contributed by atoms with van der Waals surface area (Å²) in [6, 6.07) is 9.33. The number of carbonyl (C=O) groups is 1. The van der Waals surface area contributed by atoms with E-state index in [0.29, 0.717) is 17.1 Å². The van der Waals surface area contributed by atoms with Crippen LogP contribution >= 0.6 is 0 Å². The van der Waals surface area contributed by atoms with Gasteiger partial charge < -0.3 is 14.7 Å². The third-order valence-corrected chi connectivity index (χ3v) is 5.71. The van der Waals surface area contributed by atoms with Crippen molar-refractivity contribution in [2.24, 2.45) is 0 Å². The minimum Gasteiger partial charge on any atom is -0.507 e. The molecule has 30 heavy (non-hydrogen) atoms. The Hall–Kier alpha value is -3.68. The van der Waals surface area contributed by atoms with Crippen LogP contribution in [0.4, 0.5) is 5.82 Å². The lowest BCUT2D eigenvalue weighted by Crippen LogP contribution is -2.28. The zero-order chi connectivity index (χ0) is 20.8. The number of aromatic amines is 1. The van der Waals surface area contributed by atoms with Crippen LogP contribution in [0.15, 0.2) is 36.5 Å². The van der Waals surface area contributed by atoms with Crippen LogP contribution in [0, 0.1) is 0 Å². The van der Waals surface area contributed by atoms with Crippen LogP contribution in [0.3, 0.4) is 0 Å². The summed E-state index contributed by atoms with van der Waals surface area (Å²) in [5.41, 5.74) is 3.73. The van der Waals surface area contributed by atoms with E-state index >= 15 is 0 Å². The van der Waals surface area contributed by atoms with Crippen LogP contribution in [-0.2, 0) is 4.74 Å². The zero-order valence-corrected chi connectivity index (χ0v) is 16.7. The highest BCUT2D eigenvalue weighted by molar-refractivity contribution is 5.98. The van der Waals surface area contributed by atoms with E-state index in [1.54, 1.807) is 6.20 Å². The van der Waals surface area contributed by atoms with E-state index in [0.717, 1.165) is 47.4 Å². The number of benzene rings is 2. The molecule has 8 heteroatoms. The molecule has 0 saturated carbocycles. The SMILES string of the molecule is COC(=O)c1cc2nc(N3CCCC3C)c(-c3ccc4[nH]ncc4c3)nc2cc1O. The average Bonchev–Trinajstić information content (AvgIpc) is 3.39. The Labute approximate surface area is 172 Å². The number of phenols is 1. The molecule has 1 aliphatic heterocycles. The molecule has 152 valence electrons. The first-order valence-electron chi connectivity index (χ1n) is 9.88. The predicted molar refractivity (Wildman–Crippen MR) is 114 cm³/mol. The summed E-state index contributed by atoms with van der Waals surface area (Å²) >= 11 is 0. The highest BCUT2D eigenvalue weighted by Crippen LogP contribution is 2.36. The third-order valence-electron chi connectivity index (χ3n) is 5.71. The number of phenolic OH excluding ortho intramolecular Hbond substituents is 1. The van der Waals surface area contributed by atoms with E-state index in [-0.39, 0.29) is 11.3 Å². The largest absolute Gasteiger partial charge is 0.507 e. The Bertz CT molecular complexity index is 1280.